The summed E-state index contributed by atoms with van der Waals surface area (Å²) in [6.45, 7) is 0.857. The highest BCUT2D eigenvalue weighted by Crippen LogP contribution is 1.86. The first kappa shape index (κ1) is 10.8. The summed E-state index contributed by atoms with van der Waals surface area (Å²) in [7, 11) is 0. The van der Waals surface area contributed by atoms with E-state index in [9.17, 15) is 4.79 Å². The molecule has 0 heterocycles. The Hall–Kier alpha value is -0.220. The van der Waals surface area contributed by atoms with Gasteiger partial charge in [0.15, 0.2) is 0 Å². The largest absolute Gasteiger partial charge is 0.396 e. The number of amides is 1. The number of hydrogen-bond acceptors (Lipinski definition) is 3. The minimum Gasteiger partial charge on any atom is -0.396 e. The van der Waals surface area contributed by atoms with Gasteiger partial charge in [-0.15, -0.1) is 0 Å². The molecule has 11 heavy (non-hydrogen) atoms. The average molecular weight is 177 g/mol. The SMILES string of the molecule is O=C(CCS)NCCCCO. The predicted octanol–water partition coefficient (Wildman–Crippen LogP) is 0.195. The molecule has 0 atom stereocenters. The summed E-state index contributed by atoms with van der Waals surface area (Å²) in [5.74, 6) is 0.629. The molecule has 0 aliphatic rings. The van der Waals surface area contributed by atoms with Gasteiger partial charge < -0.3 is 10.4 Å². The Morgan fingerprint density at radius 2 is 2.18 bits per heavy atom. The average Bonchev–Trinajstić information content (AvgIpc) is 1.99. The highest BCUT2D eigenvalue weighted by atomic mass is 32.1. The van der Waals surface area contributed by atoms with Gasteiger partial charge >= 0.3 is 0 Å². The monoisotopic (exact) mass is 177 g/mol. The van der Waals surface area contributed by atoms with Crippen LogP contribution >= 0.6 is 12.6 Å². The summed E-state index contributed by atoms with van der Waals surface area (Å²) in [5.41, 5.74) is 0. The topological polar surface area (TPSA) is 49.3 Å². The van der Waals surface area contributed by atoms with Crippen molar-refractivity contribution in [3.63, 3.8) is 0 Å². The van der Waals surface area contributed by atoms with E-state index >= 15 is 0 Å². The van der Waals surface area contributed by atoms with Crippen LogP contribution in [-0.2, 0) is 4.79 Å². The Labute approximate surface area is 72.6 Å². The van der Waals surface area contributed by atoms with Crippen LogP contribution in [0.5, 0.6) is 0 Å². The highest BCUT2D eigenvalue weighted by molar-refractivity contribution is 7.80. The number of nitrogens with one attached hydrogen (secondary N) is 1. The molecule has 0 rings (SSSR count). The van der Waals surface area contributed by atoms with Crippen molar-refractivity contribution >= 4 is 18.5 Å². The Morgan fingerprint density at radius 3 is 2.73 bits per heavy atom. The second kappa shape index (κ2) is 7.88. The molecule has 1 amide bonds. The lowest BCUT2D eigenvalue weighted by Crippen LogP contribution is -2.24. The van der Waals surface area contributed by atoms with E-state index < -0.39 is 0 Å². The molecule has 0 bridgehead atoms. The first-order valence-electron chi connectivity index (χ1n) is 3.79. The van der Waals surface area contributed by atoms with Gasteiger partial charge in [0.1, 0.15) is 0 Å². The molecule has 0 aliphatic heterocycles. The van der Waals surface area contributed by atoms with E-state index in [1.54, 1.807) is 0 Å². The maximum Gasteiger partial charge on any atom is 0.220 e. The van der Waals surface area contributed by atoms with Gasteiger partial charge in [-0.2, -0.15) is 12.6 Å². The second-order valence-electron chi connectivity index (χ2n) is 2.25. The number of carbonyl (C=O) groups is 1. The van der Waals surface area contributed by atoms with Crippen LogP contribution in [0.4, 0.5) is 0 Å². The standard InChI is InChI=1S/C7H15NO2S/c9-5-2-1-4-8-7(10)3-6-11/h9,11H,1-6H2,(H,8,10). The van der Waals surface area contributed by atoms with E-state index in [-0.39, 0.29) is 12.5 Å². The number of unbranched alkanes of at least 4 members (excludes halogenated alkanes) is 1. The lowest BCUT2D eigenvalue weighted by molar-refractivity contribution is -0.120. The second-order valence-corrected chi connectivity index (χ2v) is 2.70. The molecule has 0 spiro atoms. The van der Waals surface area contributed by atoms with Crippen LogP contribution in [0, 0.1) is 0 Å². The zero-order valence-electron chi connectivity index (χ0n) is 6.55. The maximum absolute atomic E-state index is 10.8. The third-order valence-corrected chi connectivity index (χ3v) is 1.47. The lowest BCUT2D eigenvalue weighted by atomic mass is 10.3. The molecule has 0 aromatic rings. The van der Waals surface area contributed by atoms with Gasteiger partial charge in [-0.3, -0.25) is 4.79 Å². The van der Waals surface area contributed by atoms with Crippen molar-refractivity contribution in [3.8, 4) is 0 Å². The Balaban J connectivity index is 3.04. The summed E-state index contributed by atoms with van der Waals surface area (Å²) in [6.07, 6.45) is 2.07. The number of rotatable bonds is 6. The predicted molar refractivity (Wildman–Crippen MR) is 47.8 cm³/mol. The van der Waals surface area contributed by atoms with Gasteiger partial charge in [-0.05, 0) is 18.6 Å². The summed E-state index contributed by atoms with van der Waals surface area (Å²) in [6, 6.07) is 0. The number of aliphatic hydroxyl groups excluding tert-OH is 1. The first-order valence-corrected chi connectivity index (χ1v) is 4.43. The van der Waals surface area contributed by atoms with Gasteiger partial charge in [-0.1, -0.05) is 0 Å². The Kier molecular flexibility index (Phi) is 7.72. The molecule has 0 aliphatic carbocycles. The van der Waals surface area contributed by atoms with Crippen LogP contribution in [0.1, 0.15) is 19.3 Å². The van der Waals surface area contributed by atoms with Crippen molar-refractivity contribution in [1.82, 2.24) is 5.32 Å². The number of hydrogen-bond donors (Lipinski definition) is 3. The van der Waals surface area contributed by atoms with E-state index in [2.05, 4.69) is 17.9 Å². The van der Waals surface area contributed by atoms with Crippen molar-refractivity contribution in [2.75, 3.05) is 18.9 Å². The van der Waals surface area contributed by atoms with Gasteiger partial charge in [0.2, 0.25) is 5.91 Å². The van der Waals surface area contributed by atoms with Crippen LogP contribution < -0.4 is 5.32 Å². The molecular formula is C7H15NO2S. The van der Waals surface area contributed by atoms with E-state index in [0.29, 0.717) is 18.7 Å². The van der Waals surface area contributed by atoms with Crippen molar-refractivity contribution in [2.24, 2.45) is 0 Å². The molecule has 0 aromatic carbocycles. The molecule has 4 heteroatoms. The van der Waals surface area contributed by atoms with E-state index in [1.807, 2.05) is 0 Å². The smallest absolute Gasteiger partial charge is 0.220 e. The molecule has 0 aromatic heterocycles. The zero-order valence-corrected chi connectivity index (χ0v) is 7.44. The van der Waals surface area contributed by atoms with E-state index in [0.717, 1.165) is 12.8 Å². The van der Waals surface area contributed by atoms with Crippen LogP contribution in [0.2, 0.25) is 0 Å². The normalized spacial score (nSPS) is 9.64. The fourth-order valence-electron chi connectivity index (χ4n) is 0.655. The lowest BCUT2D eigenvalue weighted by Gasteiger charge is -2.01. The van der Waals surface area contributed by atoms with Crippen LogP contribution in [-0.4, -0.2) is 29.9 Å². The highest BCUT2D eigenvalue weighted by Gasteiger charge is 1.96. The third kappa shape index (κ3) is 7.68. The van der Waals surface area contributed by atoms with Gasteiger partial charge in [0.05, 0.1) is 0 Å². The number of thiol groups is 1. The third-order valence-electron chi connectivity index (χ3n) is 1.25. The Bertz CT molecular complexity index is 109. The zero-order chi connectivity index (χ0) is 8.53. The van der Waals surface area contributed by atoms with E-state index in [1.165, 1.54) is 0 Å². The van der Waals surface area contributed by atoms with Crippen LogP contribution in [0.3, 0.4) is 0 Å². The molecule has 66 valence electrons. The molecule has 0 radical (unpaired) electrons. The molecule has 0 saturated heterocycles. The number of carbonyl (C=O) groups excluding carboxylic acids is 1. The van der Waals surface area contributed by atoms with Crippen molar-refractivity contribution in [2.45, 2.75) is 19.3 Å². The molecular weight excluding hydrogens is 162 g/mol. The first-order chi connectivity index (χ1) is 5.31. The molecule has 0 unspecified atom stereocenters. The summed E-state index contributed by atoms with van der Waals surface area (Å²) in [5, 5.41) is 11.1. The van der Waals surface area contributed by atoms with E-state index in [4.69, 9.17) is 5.11 Å². The summed E-state index contributed by atoms with van der Waals surface area (Å²) in [4.78, 5) is 10.8. The van der Waals surface area contributed by atoms with Gasteiger partial charge in [-0.25, -0.2) is 0 Å². The fraction of sp³-hybridized carbons (Fsp3) is 0.857. The summed E-state index contributed by atoms with van der Waals surface area (Å²) < 4.78 is 0. The van der Waals surface area contributed by atoms with Gasteiger partial charge in [0, 0.05) is 19.6 Å². The molecule has 0 saturated carbocycles. The quantitative estimate of drug-likeness (QED) is 0.401. The minimum absolute atomic E-state index is 0.0398. The van der Waals surface area contributed by atoms with Crippen molar-refractivity contribution in [1.29, 1.82) is 0 Å². The number of aliphatic hydroxyl groups is 1. The van der Waals surface area contributed by atoms with Gasteiger partial charge in [0.25, 0.3) is 0 Å². The molecule has 2 N–H and O–H groups in total. The molecule has 0 fully saturated rings. The minimum atomic E-state index is 0.0398. The maximum atomic E-state index is 10.8. The van der Waals surface area contributed by atoms with Crippen molar-refractivity contribution in [3.05, 3.63) is 0 Å². The summed E-state index contributed by atoms with van der Waals surface area (Å²) >= 11 is 3.92. The van der Waals surface area contributed by atoms with Crippen LogP contribution in [0.25, 0.3) is 0 Å². The fourth-order valence-corrected chi connectivity index (χ4v) is 0.858. The Morgan fingerprint density at radius 1 is 1.45 bits per heavy atom. The van der Waals surface area contributed by atoms with Crippen LogP contribution in [0.15, 0.2) is 0 Å². The van der Waals surface area contributed by atoms with Crippen molar-refractivity contribution < 1.29 is 9.90 Å². The molecule has 3 nitrogen and oxygen atoms in total.